The van der Waals surface area contributed by atoms with Gasteiger partial charge in [0.25, 0.3) is 0 Å². The molecule has 0 aliphatic rings. The molecule has 4 heteroatoms. The zero-order chi connectivity index (χ0) is 11.8. The molecule has 0 fully saturated rings. The van der Waals surface area contributed by atoms with Crippen LogP contribution < -0.4 is 0 Å². The van der Waals surface area contributed by atoms with Gasteiger partial charge in [0.2, 0.25) is 11.8 Å². The summed E-state index contributed by atoms with van der Waals surface area (Å²) in [4.78, 5) is 25.8. The number of amides is 2. The summed E-state index contributed by atoms with van der Waals surface area (Å²) >= 11 is 0. The summed E-state index contributed by atoms with van der Waals surface area (Å²) in [5.74, 6) is 0.201. The lowest BCUT2D eigenvalue weighted by atomic mass is 10.3. The molecule has 0 saturated carbocycles. The average Bonchev–Trinajstić information content (AvgIpc) is 2.17. The summed E-state index contributed by atoms with van der Waals surface area (Å²) in [5, 5.41) is 0. The molecule has 0 aliphatic heterocycles. The second-order valence-electron chi connectivity index (χ2n) is 3.55. The fraction of sp³-hybridized carbons (Fsp3) is 0.818. The van der Waals surface area contributed by atoms with E-state index in [1.54, 1.807) is 23.6 Å². The van der Waals surface area contributed by atoms with E-state index in [0.717, 1.165) is 32.6 Å². The number of hydrogen-bond acceptors (Lipinski definition) is 2. The number of hydrogen-bond donors (Lipinski definition) is 0. The van der Waals surface area contributed by atoms with Gasteiger partial charge in [-0.2, -0.15) is 0 Å². The molecule has 88 valence electrons. The highest BCUT2D eigenvalue weighted by molar-refractivity contribution is 5.73. The number of nitrogens with zero attached hydrogens (tertiary/aromatic N) is 2. The van der Waals surface area contributed by atoms with Crippen molar-refractivity contribution in [2.45, 2.75) is 34.1 Å². The number of rotatable bonds is 6. The second kappa shape index (κ2) is 7.26. The molecule has 0 aromatic carbocycles. The topological polar surface area (TPSA) is 40.6 Å². The molecule has 0 aliphatic carbocycles. The van der Waals surface area contributed by atoms with Crippen molar-refractivity contribution < 1.29 is 9.59 Å². The normalized spacial score (nSPS) is 9.87. The van der Waals surface area contributed by atoms with Gasteiger partial charge in [-0.15, -0.1) is 0 Å². The Morgan fingerprint density at radius 3 is 1.40 bits per heavy atom. The molecule has 0 saturated heterocycles. The maximum atomic E-state index is 11.1. The van der Waals surface area contributed by atoms with Gasteiger partial charge < -0.3 is 9.80 Å². The number of carbonyl (C=O) groups excluding carboxylic acids is 2. The third kappa shape index (κ3) is 5.40. The largest absolute Gasteiger partial charge is 0.343 e. The molecule has 2 amide bonds. The highest BCUT2D eigenvalue weighted by atomic mass is 16.2. The third-order valence-electron chi connectivity index (χ3n) is 2.51. The van der Waals surface area contributed by atoms with Gasteiger partial charge in [0.1, 0.15) is 0 Å². The zero-order valence-corrected chi connectivity index (χ0v) is 10.2. The van der Waals surface area contributed by atoms with E-state index in [-0.39, 0.29) is 11.8 Å². The van der Waals surface area contributed by atoms with Crippen LogP contribution in [0.25, 0.3) is 0 Å². The van der Waals surface area contributed by atoms with E-state index in [2.05, 4.69) is 0 Å². The van der Waals surface area contributed by atoms with E-state index in [1.807, 2.05) is 13.8 Å². The Kier molecular flexibility index (Phi) is 6.75. The van der Waals surface area contributed by atoms with Crippen LogP contribution in [0.15, 0.2) is 0 Å². The van der Waals surface area contributed by atoms with Gasteiger partial charge in [-0.1, -0.05) is 0 Å². The Balaban J connectivity index is 3.85. The lowest BCUT2D eigenvalue weighted by molar-refractivity contribution is -0.129. The molecule has 0 aromatic rings. The van der Waals surface area contributed by atoms with Crippen LogP contribution in [-0.2, 0) is 9.59 Å². The third-order valence-corrected chi connectivity index (χ3v) is 2.51. The van der Waals surface area contributed by atoms with Crippen LogP contribution in [0.2, 0.25) is 0 Å². The van der Waals surface area contributed by atoms with Crippen molar-refractivity contribution in [1.82, 2.24) is 9.80 Å². The molecular formula is C11H22N2O2. The van der Waals surface area contributed by atoms with Gasteiger partial charge in [-0.25, -0.2) is 0 Å². The average molecular weight is 214 g/mol. The van der Waals surface area contributed by atoms with Crippen molar-refractivity contribution >= 4 is 11.8 Å². The maximum Gasteiger partial charge on any atom is 0.219 e. The van der Waals surface area contributed by atoms with Crippen LogP contribution in [0.3, 0.4) is 0 Å². The Morgan fingerprint density at radius 2 is 1.20 bits per heavy atom. The monoisotopic (exact) mass is 214 g/mol. The van der Waals surface area contributed by atoms with E-state index in [1.165, 1.54) is 0 Å². The Hall–Kier alpha value is -1.06. The van der Waals surface area contributed by atoms with Gasteiger partial charge >= 0.3 is 0 Å². The van der Waals surface area contributed by atoms with Gasteiger partial charge in [0.15, 0.2) is 0 Å². The van der Waals surface area contributed by atoms with Crippen molar-refractivity contribution in [2.24, 2.45) is 0 Å². The van der Waals surface area contributed by atoms with Gasteiger partial charge in [-0.3, -0.25) is 9.59 Å². The van der Waals surface area contributed by atoms with E-state index < -0.39 is 0 Å². The lowest BCUT2D eigenvalue weighted by Crippen LogP contribution is -2.34. The van der Waals surface area contributed by atoms with E-state index >= 15 is 0 Å². The summed E-state index contributed by atoms with van der Waals surface area (Å²) in [6.07, 6.45) is 0.848. The van der Waals surface area contributed by atoms with Crippen molar-refractivity contribution in [3.8, 4) is 0 Å². The Morgan fingerprint density at radius 1 is 0.867 bits per heavy atom. The van der Waals surface area contributed by atoms with Crippen LogP contribution >= 0.6 is 0 Å². The predicted octanol–water partition coefficient (Wildman–Crippen LogP) is 1.11. The molecule has 0 heterocycles. The number of carbonyl (C=O) groups is 2. The molecule has 0 radical (unpaired) electrons. The van der Waals surface area contributed by atoms with Crippen LogP contribution in [0.4, 0.5) is 0 Å². The van der Waals surface area contributed by atoms with Crippen LogP contribution in [0.5, 0.6) is 0 Å². The Bertz CT molecular complexity index is 195. The molecule has 0 atom stereocenters. The first-order chi connectivity index (χ1) is 7.02. The van der Waals surface area contributed by atoms with Gasteiger partial charge in [-0.05, 0) is 20.3 Å². The molecule has 0 aromatic heterocycles. The zero-order valence-electron chi connectivity index (χ0n) is 10.2. The van der Waals surface area contributed by atoms with Crippen LogP contribution in [0.1, 0.15) is 34.1 Å². The minimum absolute atomic E-state index is 0.100. The van der Waals surface area contributed by atoms with Gasteiger partial charge in [0, 0.05) is 40.0 Å². The summed E-state index contributed by atoms with van der Waals surface area (Å²) < 4.78 is 0. The van der Waals surface area contributed by atoms with Gasteiger partial charge in [0.05, 0.1) is 0 Å². The van der Waals surface area contributed by atoms with Crippen molar-refractivity contribution in [2.75, 3.05) is 26.2 Å². The lowest BCUT2D eigenvalue weighted by Gasteiger charge is -2.22. The quantitative estimate of drug-likeness (QED) is 0.664. The fourth-order valence-corrected chi connectivity index (χ4v) is 1.53. The molecule has 0 rings (SSSR count). The summed E-state index contributed by atoms with van der Waals surface area (Å²) in [6.45, 7) is 10.0. The molecule has 0 bridgehead atoms. The molecule has 0 spiro atoms. The van der Waals surface area contributed by atoms with Crippen LogP contribution in [0, 0.1) is 0 Å². The fourth-order valence-electron chi connectivity index (χ4n) is 1.53. The van der Waals surface area contributed by atoms with Crippen molar-refractivity contribution in [3.63, 3.8) is 0 Å². The van der Waals surface area contributed by atoms with Crippen molar-refractivity contribution in [1.29, 1.82) is 0 Å². The van der Waals surface area contributed by atoms with Crippen molar-refractivity contribution in [3.05, 3.63) is 0 Å². The standard InChI is InChI=1S/C11H22N2O2/c1-5-12(10(3)14)8-7-9-13(6-2)11(4)15/h5-9H2,1-4H3. The molecule has 15 heavy (non-hydrogen) atoms. The van der Waals surface area contributed by atoms with E-state index in [0.29, 0.717) is 0 Å². The molecular weight excluding hydrogens is 192 g/mol. The maximum absolute atomic E-state index is 11.1. The summed E-state index contributed by atoms with van der Waals surface area (Å²) in [5.41, 5.74) is 0. The Labute approximate surface area is 92.2 Å². The first kappa shape index (κ1) is 13.9. The first-order valence-corrected chi connectivity index (χ1v) is 5.53. The van der Waals surface area contributed by atoms with Crippen LogP contribution in [-0.4, -0.2) is 47.8 Å². The minimum atomic E-state index is 0.100. The van der Waals surface area contributed by atoms with E-state index in [9.17, 15) is 9.59 Å². The predicted molar refractivity (Wildman–Crippen MR) is 60.5 cm³/mol. The molecule has 4 nitrogen and oxygen atoms in total. The molecule has 0 unspecified atom stereocenters. The SMILES string of the molecule is CCN(CCCN(CC)C(C)=O)C(C)=O. The second-order valence-corrected chi connectivity index (χ2v) is 3.55. The molecule has 0 N–H and O–H groups in total. The minimum Gasteiger partial charge on any atom is -0.343 e. The first-order valence-electron chi connectivity index (χ1n) is 5.53. The highest BCUT2D eigenvalue weighted by Crippen LogP contribution is 1.96. The summed E-state index contributed by atoms with van der Waals surface area (Å²) in [6, 6.07) is 0. The smallest absolute Gasteiger partial charge is 0.219 e. The highest BCUT2D eigenvalue weighted by Gasteiger charge is 2.08. The summed E-state index contributed by atoms with van der Waals surface area (Å²) in [7, 11) is 0. The van der Waals surface area contributed by atoms with E-state index in [4.69, 9.17) is 0 Å².